The van der Waals surface area contributed by atoms with Crippen LogP contribution in [0.2, 0.25) is 5.02 Å². The van der Waals surface area contributed by atoms with E-state index in [4.69, 9.17) is 28.3 Å². The van der Waals surface area contributed by atoms with Crippen LogP contribution in [-0.4, -0.2) is 30.4 Å². The van der Waals surface area contributed by atoms with Crippen molar-refractivity contribution in [1.29, 1.82) is 0 Å². The number of hydrogen-bond acceptors (Lipinski definition) is 3. The summed E-state index contributed by atoms with van der Waals surface area (Å²) in [5.74, 6) is -1.21. The zero-order valence-corrected chi connectivity index (χ0v) is 12.7. The molecule has 0 aromatic heterocycles. The molecule has 0 saturated heterocycles. The van der Waals surface area contributed by atoms with Gasteiger partial charge in [0, 0.05) is 5.02 Å². The Labute approximate surface area is 126 Å². The zero-order valence-electron chi connectivity index (χ0n) is 10.3. The highest BCUT2D eigenvalue weighted by molar-refractivity contribution is 7.89. The number of carbonyl (C=O) groups is 1. The second-order valence-corrected chi connectivity index (χ2v) is 7.51. The molecule has 1 saturated carbocycles. The van der Waals surface area contributed by atoms with Crippen molar-refractivity contribution in [3.63, 3.8) is 0 Å². The number of rotatable bonds is 4. The summed E-state index contributed by atoms with van der Waals surface area (Å²) >= 11 is 11.7. The van der Waals surface area contributed by atoms with Gasteiger partial charge in [-0.3, -0.25) is 4.79 Å². The molecule has 2 rings (SSSR count). The van der Waals surface area contributed by atoms with Crippen molar-refractivity contribution in [2.45, 2.75) is 35.1 Å². The van der Waals surface area contributed by atoms with Crippen molar-refractivity contribution in [1.82, 2.24) is 4.72 Å². The minimum atomic E-state index is -3.82. The van der Waals surface area contributed by atoms with Gasteiger partial charge < -0.3 is 5.11 Å². The fraction of sp³-hybridized carbons (Fsp3) is 0.417. The van der Waals surface area contributed by atoms with Gasteiger partial charge in [0.15, 0.2) is 4.87 Å². The molecule has 0 aliphatic heterocycles. The first-order valence-corrected chi connectivity index (χ1v) is 8.20. The number of carboxylic acids is 1. The molecular weight excluding hydrogens is 325 g/mol. The average molecular weight is 338 g/mol. The molecule has 2 atom stereocenters. The maximum absolute atomic E-state index is 12.2. The molecule has 2 unspecified atom stereocenters. The Morgan fingerprint density at radius 3 is 2.50 bits per heavy atom. The van der Waals surface area contributed by atoms with E-state index in [2.05, 4.69) is 4.72 Å². The van der Waals surface area contributed by atoms with E-state index in [9.17, 15) is 13.2 Å². The van der Waals surface area contributed by atoms with Crippen LogP contribution < -0.4 is 4.72 Å². The quantitative estimate of drug-likeness (QED) is 0.825. The Morgan fingerprint density at radius 1 is 1.35 bits per heavy atom. The van der Waals surface area contributed by atoms with Gasteiger partial charge in [-0.1, -0.05) is 11.6 Å². The van der Waals surface area contributed by atoms with Crippen LogP contribution in [0.3, 0.4) is 0 Å². The lowest BCUT2D eigenvalue weighted by Gasteiger charge is -2.25. The first kappa shape index (κ1) is 15.6. The topological polar surface area (TPSA) is 83.5 Å². The molecular formula is C12H13Cl2NO4S. The van der Waals surface area contributed by atoms with Crippen LogP contribution in [-0.2, 0) is 14.8 Å². The van der Waals surface area contributed by atoms with Crippen molar-refractivity contribution in [3.8, 4) is 0 Å². The summed E-state index contributed by atoms with van der Waals surface area (Å²) in [7, 11) is -3.82. The van der Waals surface area contributed by atoms with E-state index in [1.807, 2.05) is 0 Å². The number of nitrogens with one attached hydrogen (secondary N) is 1. The molecule has 1 aliphatic carbocycles. The highest BCUT2D eigenvalue weighted by atomic mass is 35.5. The molecule has 20 heavy (non-hydrogen) atoms. The van der Waals surface area contributed by atoms with Crippen molar-refractivity contribution in [3.05, 3.63) is 29.3 Å². The van der Waals surface area contributed by atoms with E-state index >= 15 is 0 Å². The Balaban J connectivity index is 2.24. The van der Waals surface area contributed by atoms with Gasteiger partial charge in [-0.15, -0.1) is 11.6 Å². The molecule has 5 nitrogen and oxygen atoms in total. The van der Waals surface area contributed by atoms with E-state index in [1.54, 1.807) is 0 Å². The number of halogens is 2. The zero-order chi connectivity index (χ0) is 15.0. The summed E-state index contributed by atoms with van der Waals surface area (Å²) in [5, 5.41) is 9.58. The molecule has 0 bridgehead atoms. The maximum atomic E-state index is 12.2. The number of benzene rings is 1. The van der Waals surface area contributed by atoms with E-state index in [0.717, 1.165) is 0 Å². The number of alkyl halides is 1. The van der Waals surface area contributed by atoms with E-state index in [-0.39, 0.29) is 11.3 Å². The summed E-state index contributed by atoms with van der Waals surface area (Å²) < 4.78 is 26.8. The number of sulfonamides is 1. The molecule has 0 amide bonds. The van der Waals surface area contributed by atoms with Crippen molar-refractivity contribution >= 4 is 39.2 Å². The third-order valence-corrected chi connectivity index (χ3v) is 5.72. The smallest absolute Gasteiger partial charge is 0.326 e. The van der Waals surface area contributed by atoms with Crippen molar-refractivity contribution in [2.24, 2.45) is 0 Å². The Kier molecular flexibility index (Phi) is 4.30. The summed E-state index contributed by atoms with van der Waals surface area (Å²) in [6.07, 6.45) is 1.18. The second-order valence-electron chi connectivity index (χ2n) is 4.69. The summed E-state index contributed by atoms with van der Waals surface area (Å²) in [4.78, 5) is 9.66. The van der Waals surface area contributed by atoms with Crippen LogP contribution in [0.15, 0.2) is 29.2 Å². The third-order valence-electron chi connectivity index (χ3n) is 3.36. The largest absolute Gasteiger partial charge is 0.480 e. The first-order valence-electron chi connectivity index (χ1n) is 5.96. The van der Waals surface area contributed by atoms with Crippen LogP contribution in [0.1, 0.15) is 19.3 Å². The minimum absolute atomic E-state index is 0.0261. The predicted octanol–water partition coefficient (Wildman–Crippen LogP) is 2.23. The molecule has 8 heteroatoms. The van der Waals surface area contributed by atoms with Gasteiger partial charge in [-0.25, -0.2) is 13.1 Å². The fourth-order valence-electron chi connectivity index (χ4n) is 2.24. The second kappa shape index (κ2) is 5.52. The monoisotopic (exact) mass is 337 g/mol. The molecule has 0 heterocycles. The Morgan fingerprint density at radius 2 is 1.95 bits per heavy atom. The van der Waals surface area contributed by atoms with Gasteiger partial charge in [0.05, 0.1) is 10.9 Å². The molecule has 1 aliphatic rings. The lowest BCUT2D eigenvalue weighted by atomic mass is 10.0. The molecule has 1 aromatic rings. The molecule has 0 spiro atoms. The normalized spacial score (nSPS) is 26.6. The van der Waals surface area contributed by atoms with E-state index in [0.29, 0.717) is 17.9 Å². The molecule has 110 valence electrons. The minimum Gasteiger partial charge on any atom is -0.480 e. The van der Waals surface area contributed by atoms with Crippen molar-refractivity contribution in [2.75, 3.05) is 0 Å². The molecule has 0 radical (unpaired) electrons. The lowest BCUT2D eigenvalue weighted by molar-refractivity contribution is -0.140. The van der Waals surface area contributed by atoms with Crippen LogP contribution in [0.5, 0.6) is 0 Å². The number of aliphatic carboxylic acids is 1. The Bertz CT molecular complexity index is 617. The highest BCUT2D eigenvalue weighted by Crippen LogP contribution is 2.37. The standard InChI is InChI=1S/C12H13Cl2NO4S/c13-8-3-5-9(6-4-8)20(18,19)15-10-2-1-7-12(10,14)11(16)17/h3-6,10,15H,1-2,7H2,(H,16,17). The SMILES string of the molecule is O=C(O)C1(Cl)CCCC1NS(=O)(=O)c1ccc(Cl)cc1. The van der Waals surface area contributed by atoms with Crippen LogP contribution >= 0.6 is 23.2 Å². The van der Waals surface area contributed by atoms with E-state index in [1.165, 1.54) is 24.3 Å². The van der Waals surface area contributed by atoms with Gasteiger partial charge in [0.25, 0.3) is 0 Å². The third kappa shape index (κ3) is 2.93. The summed E-state index contributed by atoms with van der Waals surface area (Å²) in [6.45, 7) is 0. The average Bonchev–Trinajstić information content (AvgIpc) is 2.72. The highest BCUT2D eigenvalue weighted by Gasteiger charge is 2.49. The van der Waals surface area contributed by atoms with Crippen LogP contribution in [0.4, 0.5) is 0 Å². The van der Waals surface area contributed by atoms with E-state index < -0.39 is 26.9 Å². The Hall–Kier alpha value is -0.820. The first-order chi connectivity index (χ1) is 9.25. The lowest BCUT2D eigenvalue weighted by Crippen LogP contribution is -2.50. The molecule has 1 fully saturated rings. The molecule has 2 N–H and O–H groups in total. The summed E-state index contributed by atoms with van der Waals surface area (Å²) in [5.41, 5.74) is 0. The summed E-state index contributed by atoms with van der Waals surface area (Å²) in [6, 6.07) is 4.79. The van der Waals surface area contributed by atoms with Crippen LogP contribution in [0.25, 0.3) is 0 Å². The number of hydrogen-bond donors (Lipinski definition) is 2. The van der Waals surface area contributed by atoms with Crippen LogP contribution in [0, 0.1) is 0 Å². The van der Waals surface area contributed by atoms with Crippen molar-refractivity contribution < 1.29 is 18.3 Å². The predicted molar refractivity (Wildman–Crippen MR) is 75.6 cm³/mol. The maximum Gasteiger partial charge on any atom is 0.326 e. The van der Waals surface area contributed by atoms with Gasteiger partial charge in [-0.2, -0.15) is 0 Å². The number of carboxylic acid groups (broad SMARTS) is 1. The van der Waals surface area contributed by atoms with Gasteiger partial charge in [-0.05, 0) is 43.5 Å². The van der Waals surface area contributed by atoms with Gasteiger partial charge in [0.2, 0.25) is 10.0 Å². The van der Waals surface area contributed by atoms with Gasteiger partial charge >= 0.3 is 5.97 Å². The molecule has 1 aromatic carbocycles. The fourth-order valence-corrected chi connectivity index (χ4v) is 4.06. The van der Waals surface area contributed by atoms with Gasteiger partial charge in [0.1, 0.15) is 0 Å².